The summed E-state index contributed by atoms with van der Waals surface area (Å²) in [7, 11) is 1.62. The fraction of sp³-hybridized carbons (Fsp3) is 0.318. The molecule has 1 amide bonds. The largest absolute Gasteiger partial charge is 0.496 e. The van der Waals surface area contributed by atoms with E-state index in [-0.39, 0.29) is 11.2 Å². The zero-order chi connectivity index (χ0) is 20.8. The SMILES string of the molecule is CCC[C@H]1S/C(=N\N=C/c2cc(Br)ccc2OC)N(Cc2ccccc2C)C1=O. The number of hydrogen-bond donors (Lipinski definition) is 0. The van der Waals surface area contributed by atoms with Crippen LogP contribution in [0.15, 0.2) is 57.1 Å². The first-order valence-corrected chi connectivity index (χ1v) is 11.2. The van der Waals surface area contributed by atoms with E-state index in [1.807, 2.05) is 36.4 Å². The first-order valence-electron chi connectivity index (χ1n) is 9.50. The molecule has 152 valence electrons. The van der Waals surface area contributed by atoms with Crippen molar-refractivity contribution in [3.8, 4) is 5.75 Å². The summed E-state index contributed by atoms with van der Waals surface area (Å²) < 4.78 is 6.30. The van der Waals surface area contributed by atoms with Gasteiger partial charge in [-0.25, -0.2) is 0 Å². The Morgan fingerprint density at radius 1 is 1.28 bits per heavy atom. The highest BCUT2D eigenvalue weighted by Gasteiger charge is 2.37. The van der Waals surface area contributed by atoms with Gasteiger partial charge in [0.05, 0.1) is 25.1 Å². The molecular weight excluding hydrogens is 450 g/mol. The Kier molecular flexibility index (Phi) is 7.50. The van der Waals surface area contributed by atoms with Crippen molar-refractivity contribution in [3.05, 3.63) is 63.6 Å². The minimum absolute atomic E-state index is 0.0987. The molecule has 3 rings (SSSR count). The van der Waals surface area contributed by atoms with Crippen molar-refractivity contribution >= 4 is 45.0 Å². The number of amidine groups is 1. The van der Waals surface area contributed by atoms with Crippen LogP contribution in [0, 0.1) is 6.92 Å². The maximum Gasteiger partial charge on any atom is 0.242 e. The minimum Gasteiger partial charge on any atom is -0.496 e. The predicted molar refractivity (Wildman–Crippen MR) is 124 cm³/mol. The Morgan fingerprint density at radius 3 is 2.79 bits per heavy atom. The molecule has 7 heteroatoms. The molecule has 0 aliphatic carbocycles. The molecule has 1 aliphatic rings. The molecule has 0 unspecified atom stereocenters. The standard InChI is InChI=1S/C22H24BrN3O2S/c1-4-7-20-21(27)26(14-16-9-6-5-8-15(16)2)22(29-20)25-24-13-17-12-18(23)10-11-19(17)28-3/h5-6,8-13,20H,4,7,14H2,1-3H3/b24-13-,25-22-/t20-/m1/s1. The number of carbonyl (C=O) groups excluding carboxylic acids is 1. The molecule has 1 atom stereocenters. The molecule has 0 spiro atoms. The number of amides is 1. The van der Waals surface area contributed by atoms with Crippen LogP contribution in [-0.2, 0) is 11.3 Å². The van der Waals surface area contributed by atoms with Gasteiger partial charge < -0.3 is 4.74 Å². The molecular formula is C22H24BrN3O2S. The van der Waals surface area contributed by atoms with Gasteiger partial charge in [0.2, 0.25) is 5.91 Å². The zero-order valence-corrected chi connectivity index (χ0v) is 19.2. The van der Waals surface area contributed by atoms with Crippen LogP contribution >= 0.6 is 27.7 Å². The molecule has 0 saturated carbocycles. The molecule has 1 fully saturated rings. The molecule has 0 N–H and O–H groups in total. The van der Waals surface area contributed by atoms with E-state index < -0.39 is 0 Å². The third-order valence-electron chi connectivity index (χ3n) is 4.69. The van der Waals surface area contributed by atoms with Crippen molar-refractivity contribution in [3.63, 3.8) is 0 Å². The Morgan fingerprint density at radius 2 is 2.07 bits per heavy atom. The van der Waals surface area contributed by atoms with Crippen LogP contribution < -0.4 is 4.74 Å². The summed E-state index contributed by atoms with van der Waals surface area (Å²) in [5.41, 5.74) is 3.09. The van der Waals surface area contributed by atoms with Crippen LogP contribution in [-0.4, -0.2) is 34.5 Å². The molecule has 0 radical (unpaired) electrons. The second-order valence-corrected chi connectivity index (χ2v) is 8.85. The van der Waals surface area contributed by atoms with Crippen LogP contribution in [0.4, 0.5) is 0 Å². The number of carbonyl (C=O) groups is 1. The first-order chi connectivity index (χ1) is 14.0. The summed E-state index contributed by atoms with van der Waals surface area (Å²) >= 11 is 4.96. The molecule has 29 heavy (non-hydrogen) atoms. The van der Waals surface area contributed by atoms with E-state index >= 15 is 0 Å². The van der Waals surface area contributed by atoms with Crippen molar-refractivity contribution in [1.82, 2.24) is 4.90 Å². The summed E-state index contributed by atoms with van der Waals surface area (Å²) in [4.78, 5) is 14.7. The predicted octanol–water partition coefficient (Wildman–Crippen LogP) is 5.40. The monoisotopic (exact) mass is 473 g/mol. The summed E-state index contributed by atoms with van der Waals surface area (Å²) in [5.74, 6) is 0.821. The quantitative estimate of drug-likeness (QED) is 0.399. The molecule has 1 heterocycles. The number of benzene rings is 2. The Bertz CT molecular complexity index is 945. The van der Waals surface area contributed by atoms with Crippen molar-refractivity contribution in [1.29, 1.82) is 0 Å². The highest BCUT2D eigenvalue weighted by Crippen LogP contribution is 2.32. The number of ether oxygens (including phenoxy) is 1. The molecule has 1 saturated heterocycles. The van der Waals surface area contributed by atoms with Crippen molar-refractivity contribution < 1.29 is 9.53 Å². The lowest BCUT2D eigenvalue weighted by molar-refractivity contribution is -0.126. The molecule has 1 aliphatic heterocycles. The van der Waals surface area contributed by atoms with Gasteiger partial charge in [0.15, 0.2) is 5.17 Å². The number of aryl methyl sites for hydroxylation is 1. The van der Waals surface area contributed by atoms with Crippen LogP contribution in [0.1, 0.15) is 36.5 Å². The van der Waals surface area contributed by atoms with Crippen LogP contribution in [0.2, 0.25) is 0 Å². The summed E-state index contributed by atoms with van der Waals surface area (Å²) in [6, 6.07) is 13.8. The van der Waals surface area contributed by atoms with E-state index in [1.165, 1.54) is 11.8 Å². The molecule has 2 aromatic rings. The Hall–Kier alpha value is -2.12. The van der Waals surface area contributed by atoms with E-state index in [9.17, 15) is 4.79 Å². The number of nitrogens with zero attached hydrogens (tertiary/aromatic N) is 3. The number of halogens is 1. The third kappa shape index (κ3) is 5.28. The van der Waals surface area contributed by atoms with Gasteiger partial charge >= 0.3 is 0 Å². The van der Waals surface area contributed by atoms with Crippen molar-refractivity contribution in [2.75, 3.05) is 7.11 Å². The lowest BCUT2D eigenvalue weighted by Gasteiger charge is -2.17. The lowest BCUT2D eigenvalue weighted by atomic mass is 10.1. The van der Waals surface area contributed by atoms with Crippen LogP contribution in [0.5, 0.6) is 5.75 Å². The van der Waals surface area contributed by atoms with Gasteiger partial charge in [-0.2, -0.15) is 5.10 Å². The summed E-state index contributed by atoms with van der Waals surface area (Å²) in [6.45, 7) is 4.65. The molecule has 2 aromatic carbocycles. The number of rotatable bonds is 7. The maximum absolute atomic E-state index is 12.9. The topological polar surface area (TPSA) is 54.3 Å². The third-order valence-corrected chi connectivity index (χ3v) is 6.42. The second-order valence-electron chi connectivity index (χ2n) is 6.76. The number of thioether (sulfide) groups is 1. The van der Waals surface area contributed by atoms with Gasteiger partial charge in [0.1, 0.15) is 5.75 Å². The van der Waals surface area contributed by atoms with E-state index in [4.69, 9.17) is 4.74 Å². The highest BCUT2D eigenvalue weighted by atomic mass is 79.9. The normalized spacial score (nSPS) is 18.2. The van der Waals surface area contributed by atoms with Gasteiger partial charge in [0, 0.05) is 10.0 Å². The Labute approximate surface area is 184 Å². The Balaban J connectivity index is 1.87. The minimum atomic E-state index is -0.0987. The van der Waals surface area contributed by atoms with Crippen molar-refractivity contribution in [2.45, 2.75) is 38.5 Å². The fourth-order valence-corrected chi connectivity index (χ4v) is 4.67. The average molecular weight is 474 g/mol. The van der Waals surface area contributed by atoms with Gasteiger partial charge in [0.25, 0.3) is 0 Å². The highest BCUT2D eigenvalue weighted by molar-refractivity contribution is 9.10. The van der Waals surface area contributed by atoms with Gasteiger partial charge in [-0.1, -0.05) is 65.3 Å². The number of methoxy groups -OCH3 is 1. The zero-order valence-electron chi connectivity index (χ0n) is 16.8. The smallest absolute Gasteiger partial charge is 0.242 e. The van der Waals surface area contributed by atoms with Crippen LogP contribution in [0.25, 0.3) is 0 Å². The van der Waals surface area contributed by atoms with Gasteiger partial charge in [-0.15, -0.1) is 5.10 Å². The van der Waals surface area contributed by atoms with E-state index in [1.54, 1.807) is 18.2 Å². The maximum atomic E-state index is 12.9. The summed E-state index contributed by atoms with van der Waals surface area (Å²) in [6.07, 6.45) is 3.43. The molecule has 0 bridgehead atoms. The van der Waals surface area contributed by atoms with Gasteiger partial charge in [-0.3, -0.25) is 9.69 Å². The second kappa shape index (κ2) is 10.1. The molecule has 5 nitrogen and oxygen atoms in total. The van der Waals surface area contributed by atoms with Crippen LogP contribution in [0.3, 0.4) is 0 Å². The molecule has 0 aromatic heterocycles. The van der Waals surface area contributed by atoms with Gasteiger partial charge in [-0.05, 0) is 42.7 Å². The first kappa shape index (κ1) is 21.6. The van der Waals surface area contributed by atoms with Crippen molar-refractivity contribution in [2.24, 2.45) is 10.2 Å². The van der Waals surface area contributed by atoms with E-state index in [0.717, 1.165) is 34.0 Å². The fourth-order valence-electron chi connectivity index (χ4n) is 3.08. The van der Waals surface area contributed by atoms with E-state index in [2.05, 4.69) is 46.0 Å². The number of hydrogen-bond acceptors (Lipinski definition) is 5. The summed E-state index contributed by atoms with van der Waals surface area (Å²) in [5, 5.41) is 9.20. The van der Waals surface area contributed by atoms with E-state index in [0.29, 0.717) is 17.5 Å². The average Bonchev–Trinajstić information content (AvgIpc) is 2.99. The lowest BCUT2D eigenvalue weighted by Crippen LogP contribution is -2.31.